The zero-order chi connectivity index (χ0) is 28.1. The number of morpholine rings is 1. The van der Waals surface area contributed by atoms with Crippen molar-refractivity contribution in [2.24, 2.45) is 5.10 Å². The van der Waals surface area contributed by atoms with Crippen LogP contribution in [0, 0.1) is 24.0 Å². The molecule has 0 aliphatic carbocycles. The Kier molecular flexibility index (Phi) is 7.82. The van der Waals surface area contributed by atoms with Crippen LogP contribution in [0.2, 0.25) is 0 Å². The summed E-state index contributed by atoms with van der Waals surface area (Å²) in [7, 11) is 1.45. The molecule has 0 saturated carbocycles. The third-order valence-electron chi connectivity index (χ3n) is 6.20. The monoisotopic (exact) mass is 544 g/mol. The summed E-state index contributed by atoms with van der Waals surface area (Å²) >= 11 is 0. The van der Waals surface area contributed by atoms with Gasteiger partial charge in [0.25, 0.3) is 5.69 Å². The van der Waals surface area contributed by atoms with Crippen LogP contribution < -0.4 is 20.4 Å². The quantitative estimate of drug-likeness (QED) is 0.171. The summed E-state index contributed by atoms with van der Waals surface area (Å²) < 4.78 is 16.7. The van der Waals surface area contributed by atoms with E-state index in [4.69, 9.17) is 13.9 Å². The third kappa shape index (κ3) is 6.15. The molecular weight excluding hydrogens is 516 g/mol. The number of hydrogen-bond donors (Lipinski definition) is 2. The van der Waals surface area contributed by atoms with E-state index in [0.717, 1.165) is 16.8 Å². The molecule has 1 aliphatic heterocycles. The van der Waals surface area contributed by atoms with Crippen molar-refractivity contribution < 1.29 is 18.8 Å². The van der Waals surface area contributed by atoms with Gasteiger partial charge in [0.1, 0.15) is 17.3 Å². The fourth-order valence-corrected chi connectivity index (χ4v) is 4.08. The fourth-order valence-electron chi connectivity index (χ4n) is 4.08. The molecule has 206 valence electrons. The summed E-state index contributed by atoms with van der Waals surface area (Å²) in [5, 5.41) is 18.6. The van der Waals surface area contributed by atoms with Crippen molar-refractivity contribution in [2.75, 3.05) is 49.1 Å². The number of hydrazone groups is 1. The van der Waals surface area contributed by atoms with Crippen LogP contribution in [0.25, 0.3) is 11.3 Å². The number of nitrogens with one attached hydrogen (secondary N) is 2. The zero-order valence-corrected chi connectivity index (χ0v) is 22.2. The molecule has 0 bridgehead atoms. The van der Waals surface area contributed by atoms with E-state index in [1.54, 1.807) is 18.2 Å². The standard InChI is InChI=1S/C27H28N8O5/c1-17-4-5-18(2)22(14-17)29-25-30-26(32-27(31-25)34-10-12-39-13-11-34)33-28-16-20-7-9-23(40-20)21-8-6-19(35(36)37)15-24(21)38-3/h4-9,14-16H,10-13H2,1-3H3,(H2,29,30,31,32,33)/b28-16+. The molecule has 1 saturated heterocycles. The van der Waals surface area contributed by atoms with Crippen LogP contribution in [0.5, 0.6) is 5.75 Å². The Morgan fingerprint density at radius 2 is 1.85 bits per heavy atom. The van der Waals surface area contributed by atoms with E-state index in [9.17, 15) is 10.1 Å². The minimum atomic E-state index is -0.479. The van der Waals surface area contributed by atoms with E-state index in [2.05, 4.69) is 30.8 Å². The van der Waals surface area contributed by atoms with Gasteiger partial charge in [-0.3, -0.25) is 10.1 Å². The molecule has 0 amide bonds. The number of ether oxygens (including phenoxy) is 2. The molecule has 2 N–H and O–H groups in total. The Bertz CT molecular complexity index is 1550. The van der Waals surface area contributed by atoms with Crippen LogP contribution in [-0.2, 0) is 4.74 Å². The second-order valence-electron chi connectivity index (χ2n) is 9.04. The minimum absolute atomic E-state index is 0.0710. The smallest absolute Gasteiger partial charge is 0.273 e. The number of rotatable bonds is 9. The van der Waals surface area contributed by atoms with Crippen LogP contribution in [0.4, 0.5) is 29.2 Å². The highest BCUT2D eigenvalue weighted by atomic mass is 16.6. The van der Waals surface area contributed by atoms with Crippen molar-refractivity contribution >= 4 is 35.4 Å². The van der Waals surface area contributed by atoms with Gasteiger partial charge in [0.05, 0.1) is 43.1 Å². The lowest BCUT2D eigenvalue weighted by molar-refractivity contribution is -0.384. The number of non-ortho nitro benzene ring substituents is 1. The second kappa shape index (κ2) is 11.8. The highest BCUT2D eigenvalue weighted by Gasteiger charge is 2.18. The van der Waals surface area contributed by atoms with Gasteiger partial charge < -0.3 is 24.1 Å². The Labute approximate surface area is 230 Å². The SMILES string of the molecule is COc1cc([N+](=O)[O-])ccc1-c1ccc(/C=N/Nc2nc(Nc3cc(C)ccc3C)nc(N3CCOCC3)n2)o1. The fraction of sp³-hybridized carbons (Fsp3) is 0.259. The van der Waals surface area contributed by atoms with Crippen molar-refractivity contribution in [3.63, 3.8) is 0 Å². The van der Waals surface area contributed by atoms with E-state index in [0.29, 0.717) is 61.0 Å². The van der Waals surface area contributed by atoms with Crippen LogP contribution in [-0.4, -0.2) is 59.5 Å². The van der Waals surface area contributed by atoms with Gasteiger partial charge in [0.2, 0.25) is 17.8 Å². The molecule has 4 aromatic rings. The molecule has 1 aliphatic rings. The van der Waals surface area contributed by atoms with E-state index < -0.39 is 4.92 Å². The maximum atomic E-state index is 11.1. The topological polar surface area (TPSA) is 153 Å². The first kappa shape index (κ1) is 26.6. The maximum absolute atomic E-state index is 11.1. The van der Waals surface area contributed by atoms with Crippen LogP contribution in [0.1, 0.15) is 16.9 Å². The molecular formula is C27H28N8O5. The number of nitrogens with zero attached hydrogens (tertiary/aromatic N) is 6. The van der Waals surface area contributed by atoms with E-state index in [-0.39, 0.29) is 11.6 Å². The number of furan rings is 1. The molecule has 3 heterocycles. The molecule has 13 nitrogen and oxygen atoms in total. The molecule has 2 aromatic carbocycles. The molecule has 5 rings (SSSR count). The Hall–Kier alpha value is -5.04. The summed E-state index contributed by atoms with van der Waals surface area (Å²) in [6, 6.07) is 13.9. The van der Waals surface area contributed by atoms with E-state index >= 15 is 0 Å². The highest BCUT2D eigenvalue weighted by Crippen LogP contribution is 2.34. The second-order valence-corrected chi connectivity index (χ2v) is 9.04. The zero-order valence-electron chi connectivity index (χ0n) is 22.2. The molecule has 0 spiro atoms. The lowest BCUT2D eigenvalue weighted by Crippen LogP contribution is -2.37. The summed E-state index contributed by atoms with van der Waals surface area (Å²) in [5.74, 6) is 2.39. The number of aromatic nitrogens is 3. The predicted octanol–water partition coefficient (Wildman–Crippen LogP) is 4.69. The first-order valence-electron chi connectivity index (χ1n) is 12.5. The van der Waals surface area contributed by atoms with Gasteiger partial charge in [-0.15, -0.1) is 0 Å². The number of benzene rings is 2. The predicted molar refractivity (Wildman–Crippen MR) is 151 cm³/mol. The van der Waals surface area contributed by atoms with E-state index in [1.165, 1.54) is 25.5 Å². The van der Waals surface area contributed by atoms with Crippen molar-refractivity contribution in [3.05, 3.63) is 75.5 Å². The van der Waals surface area contributed by atoms with Gasteiger partial charge in [0, 0.05) is 24.8 Å². The molecule has 0 radical (unpaired) electrons. The normalized spacial score (nSPS) is 13.4. The number of nitro benzene ring substituents is 1. The van der Waals surface area contributed by atoms with Crippen molar-refractivity contribution in [1.29, 1.82) is 0 Å². The highest BCUT2D eigenvalue weighted by molar-refractivity contribution is 5.79. The molecule has 2 aromatic heterocycles. The van der Waals surface area contributed by atoms with Crippen LogP contribution >= 0.6 is 0 Å². The van der Waals surface area contributed by atoms with Gasteiger partial charge in [0.15, 0.2) is 0 Å². The van der Waals surface area contributed by atoms with Gasteiger partial charge in [-0.1, -0.05) is 12.1 Å². The van der Waals surface area contributed by atoms with Crippen LogP contribution in [0.3, 0.4) is 0 Å². The number of anilines is 4. The van der Waals surface area contributed by atoms with Crippen molar-refractivity contribution in [2.45, 2.75) is 13.8 Å². The number of aryl methyl sites for hydroxylation is 2. The Morgan fingerprint density at radius 1 is 1.05 bits per heavy atom. The summed E-state index contributed by atoms with van der Waals surface area (Å²) in [5.41, 5.74) is 6.45. The van der Waals surface area contributed by atoms with E-state index in [1.807, 2.05) is 36.9 Å². The number of hydrogen-bond acceptors (Lipinski definition) is 12. The first-order valence-corrected chi connectivity index (χ1v) is 12.5. The van der Waals surface area contributed by atoms with Gasteiger partial charge in [-0.25, -0.2) is 5.43 Å². The average Bonchev–Trinajstić information content (AvgIpc) is 3.43. The maximum Gasteiger partial charge on any atom is 0.273 e. The first-order chi connectivity index (χ1) is 19.4. The molecule has 1 fully saturated rings. The average molecular weight is 545 g/mol. The Balaban J connectivity index is 1.36. The summed E-state index contributed by atoms with van der Waals surface area (Å²) in [6.07, 6.45) is 1.48. The van der Waals surface area contributed by atoms with Crippen molar-refractivity contribution in [1.82, 2.24) is 15.0 Å². The summed E-state index contributed by atoms with van der Waals surface area (Å²) in [4.78, 5) is 26.3. The number of nitro groups is 1. The molecule has 0 unspecified atom stereocenters. The lowest BCUT2D eigenvalue weighted by Gasteiger charge is -2.27. The Morgan fingerprint density at radius 3 is 2.62 bits per heavy atom. The largest absolute Gasteiger partial charge is 0.496 e. The molecule has 40 heavy (non-hydrogen) atoms. The molecule has 0 atom stereocenters. The third-order valence-corrected chi connectivity index (χ3v) is 6.20. The lowest BCUT2D eigenvalue weighted by atomic mass is 10.1. The van der Waals surface area contributed by atoms with Crippen LogP contribution in [0.15, 0.2) is 58.0 Å². The minimum Gasteiger partial charge on any atom is -0.496 e. The van der Waals surface area contributed by atoms with Crippen molar-refractivity contribution in [3.8, 4) is 17.1 Å². The number of methoxy groups -OCH3 is 1. The van der Waals surface area contributed by atoms with Gasteiger partial charge >= 0.3 is 0 Å². The van der Waals surface area contributed by atoms with Gasteiger partial charge in [-0.2, -0.15) is 20.1 Å². The summed E-state index contributed by atoms with van der Waals surface area (Å²) in [6.45, 7) is 6.54. The van der Waals surface area contributed by atoms with Gasteiger partial charge in [-0.05, 0) is 49.2 Å². The molecule has 13 heteroatoms.